The lowest BCUT2D eigenvalue weighted by Crippen LogP contribution is -2.09. The van der Waals surface area contributed by atoms with Crippen molar-refractivity contribution in [1.29, 1.82) is 0 Å². The van der Waals surface area contributed by atoms with Crippen molar-refractivity contribution in [2.75, 3.05) is 0 Å². The summed E-state index contributed by atoms with van der Waals surface area (Å²) in [4.78, 5) is 12.0. The van der Waals surface area contributed by atoms with Crippen LogP contribution in [0.25, 0.3) is 11.1 Å². The van der Waals surface area contributed by atoms with Crippen LogP contribution in [0, 0.1) is 5.92 Å². The fraction of sp³-hybridized carbons (Fsp3) is 0.286. The molecule has 0 saturated heterocycles. The summed E-state index contributed by atoms with van der Waals surface area (Å²) >= 11 is 0. The first-order valence-corrected chi connectivity index (χ1v) is 8.03. The Balaban J connectivity index is 1.83. The molecule has 0 N–H and O–H groups in total. The average Bonchev–Trinajstić information content (AvgIpc) is 2.85. The van der Waals surface area contributed by atoms with Crippen LogP contribution < -0.4 is 0 Å². The predicted molar refractivity (Wildman–Crippen MR) is 91.8 cm³/mol. The number of ketones is 1. The third-order valence-electron chi connectivity index (χ3n) is 4.49. The molecule has 1 saturated carbocycles. The van der Waals surface area contributed by atoms with E-state index in [9.17, 15) is 4.79 Å². The van der Waals surface area contributed by atoms with Gasteiger partial charge >= 0.3 is 0 Å². The van der Waals surface area contributed by atoms with Gasteiger partial charge in [-0.2, -0.15) is 0 Å². The molecule has 2 aromatic carbocycles. The fourth-order valence-corrected chi connectivity index (χ4v) is 3.24. The minimum atomic E-state index is 0.129. The molecule has 0 bridgehead atoms. The molecule has 0 radical (unpaired) electrons. The third kappa shape index (κ3) is 3.19. The van der Waals surface area contributed by atoms with E-state index in [0.29, 0.717) is 12.2 Å². The summed E-state index contributed by atoms with van der Waals surface area (Å²) in [5, 5.41) is 0. The van der Waals surface area contributed by atoms with Crippen LogP contribution in [0.5, 0.6) is 0 Å². The number of hydrogen-bond donors (Lipinski definition) is 0. The van der Waals surface area contributed by atoms with Gasteiger partial charge in [0.05, 0.1) is 0 Å². The van der Waals surface area contributed by atoms with Crippen LogP contribution in [0.3, 0.4) is 0 Å². The molecule has 0 amide bonds. The molecule has 0 heterocycles. The number of hydrogen-bond acceptors (Lipinski definition) is 1. The molecule has 0 aliphatic heterocycles. The quantitative estimate of drug-likeness (QED) is 0.725. The maximum Gasteiger partial charge on any atom is 0.140 e. The second kappa shape index (κ2) is 6.31. The van der Waals surface area contributed by atoms with Crippen LogP contribution in [0.4, 0.5) is 0 Å². The smallest absolute Gasteiger partial charge is 0.140 e. The number of Topliss-reactive ketones (excluding diaryl/α,β-unsaturated/α-hetero) is 1. The van der Waals surface area contributed by atoms with Crippen molar-refractivity contribution in [1.82, 2.24) is 0 Å². The number of carbonyl (C=O) groups excluding carboxylic acids is 1. The Hall–Kier alpha value is -2.15. The normalized spacial score (nSPS) is 18.0. The lowest BCUT2D eigenvalue weighted by atomic mass is 9.94. The molecule has 0 aromatic heterocycles. The molecule has 0 spiro atoms. The second-order valence-electron chi connectivity index (χ2n) is 6.25. The van der Waals surface area contributed by atoms with E-state index in [2.05, 4.69) is 62.0 Å². The van der Waals surface area contributed by atoms with E-state index in [0.717, 1.165) is 24.8 Å². The van der Waals surface area contributed by atoms with Gasteiger partial charge < -0.3 is 0 Å². The predicted octanol–water partition coefficient (Wildman–Crippen LogP) is 4.99. The van der Waals surface area contributed by atoms with Crippen LogP contribution in [-0.4, -0.2) is 5.78 Å². The summed E-state index contributed by atoms with van der Waals surface area (Å²) in [5.74, 6) is 0.480. The van der Waals surface area contributed by atoms with Crippen molar-refractivity contribution in [3.63, 3.8) is 0 Å². The average molecular weight is 290 g/mol. The SMILES string of the molecule is C=C1CC(=O)[C@@H](Cc2cccc(-c3cccc(CC)c3)c2)C1. The largest absolute Gasteiger partial charge is 0.299 e. The number of rotatable bonds is 4. The van der Waals surface area contributed by atoms with Crippen molar-refractivity contribution in [3.8, 4) is 11.1 Å². The molecular formula is C21H22O. The van der Waals surface area contributed by atoms with E-state index in [-0.39, 0.29) is 5.92 Å². The summed E-state index contributed by atoms with van der Waals surface area (Å²) in [6.45, 7) is 6.13. The molecule has 1 nitrogen and oxygen atoms in total. The Bertz CT molecular complexity index is 711. The summed E-state index contributed by atoms with van der Waals surface area (Å²) < 4.78 is 0. The summed E-state index contributed by atoms with van der Waals surface area (Å²) in [6.07, 6.45) is 3.31. The summed E-state index contributed by atoms with van der Waals surface area (Å²) in [7, 11) is 0. The van der Waals surface area contributed by atoms with Gasteiger partial charge in [-0.1, -0.05) is 67.6 Å². The first-order chi connectivity index (χ1) is 10.7. The molecule has 112 valence electrons. The van der Waals surface area contributed by atoms with Crippen LogP contribution in [0.15, 0.2) is 60.7 Å². The van der Waals surface area contributed by atoms with E-state index in [1.807, 2.05) is 0 Å². The van der Waals surface area contributed by atoms with Crippen molar-refractivity contribution >= 4 is 5.78 Å². The van der Waals surface area contributed by atoms with Crippen molar-refractivity contribution in [2.45, 2.75) is 32.6 Å². The molecule has 1 aliphatic carbocycles. The van der Waals surface area contributed by atoms with Gasteiger partial charge in [0.15, 0.2) is 0 Å². The molecule has 1 aliphatic rings. The lowest BCUT2D eigenvalue weighted by Gasteiger charge is -2.10. The Labute approximate surface area is 132 Å². The monoisotopic (exact) mass is 290 g/mol. The first kappa shape index (κ1) is 14.8. The highest BCUT2D eigenvalue weighted by molar-refractivity contribution is 5.86. The van der Waals surface area contributed by atoms with Crippen molar-refractivity contribution in [3.05, 3.63) is 71.8 Å². The van der Waals surface area contributed by atoms with Gasteiger partial charge in [-0.15, -0.1) is 0 Å². The van der Waals surface area contributed by atoms with Crippen LogP contribution >= 0.6 is 0 Å². The van der Waals surface area contributed by atoms with Crippen LogP contribution in [0.2, 0.25) is 0 Å². The molecule has 2 aromatic rings. The number of allylic oxidation sites excluding steroid dienone is 1. The zero-order valence-electron chi connectivity index (χ0n) is 13.1. The lowest BCUT2D eigenvalue weighted by molar-refractivity contribution is -0.120. The number of carbonyl (C=O) groups is 1. The fourth-order valence-electron chi connectivity index (χ4n) is 3.24. The summed E-state index contributed by atoms with van der Waals surface area (Å²) in [5.41, 5.74) is 6.17. The molecule has 0 unspecified atom stereocenters. The van der Waals surface area contributed by atoms with E-state index in [1.165, 1.54) is 22.3 Å². The van der Waals surface area contributed by atoms with E-state index in [1.54, 1.807) is 0 Å². The maximum atomic E-state index is 12.0. The van der Waals surface area contributed by atoms with Crippen LogP contribution in [-0.2, 0) is 17.6 Å². The third-order valence-corrected chi connectivity index (χ3v) is 4.49. The van der Waals surface area contributed by atoms with Crippen molar-refractivity contribution < 1.29 is 4.79 Å². The van der Waals surface area contributed by atoms with Gasteiger partial charge in [0, 0.05) is 12.3 Å². The molecule has 1 heteroatoms. The topological polar surface area (TPSA) is 17.1 Å². The van der Waals surface area contributed by atoms with Gasteiger partial charge in [-0.05, 0) is 41.5 Å². The number of benzene rings is 2. The first-order valence-electron chi connectivity index (χ1n) is 8.03. The standard InChI is InChI=1S/C21H22O/c1-3-16-6-4-8-18(12-16)19-9-5-7-17(13-19)14-20-10-15(2)11-21(20)22/h4-9,12-13,20H,2-3,10-11,14H2,1H3/t20-/m1/s1. The molecular weight excluding hydrogens is 268 g/mol. The van der Waals surface area contributed by atoms with E-state index < -0.39 is 0 Å². The highest BCUT2D eigenvalue weighted by Gasteiger charge is 2.27. The highest BCUT2D eigenvalue weighted by atomic mass is 16.1. The molecule has 1 fully saturated rings. The Morgan fingerprint density at radius 1 is 1.05 bits per heavy atom. The number of aryl methyl sites for hydroxylation is 1. The van der Waals surface area contributed by atoms with Gasteiger partial charge in [-0.3, -0.25) is 4.79 Å². The maximum absolute atomic E-state index is 12.0. The van der Waals surface area contributed by atoms with E-state index in [4.69, 9.17) is 0 Å². The molecule has 22 heavy (non-hydrogen) atoms. The highest BCUT2D eigenvalue weighted by Crippen LogP contribution is 2.30. The minimum absolute atomic E-state index is 0.129. The van der Waals surface area contributed by atoms with Gasteiger partial charge in [-0.25, -0.2) is 0 Å². The van der Waals surface area contributed by atoms with Crippen LogP contribution in [0.1, 0.15) is 30.9 Å². The Morgan fingerprint density at radius 2 is 1.68 bits per heavy atom. The Kier molecular flexibility index (Phi) is 4.24. The van der Waals surface area contributed by atoms with E-state index >= 15 is 0 Å². The van der Waals surface area contributed by atoms with Crippen molar-refractivity contribution in [2.24, 2.45) is 5.92 Å². The Morgan fingerprint density at radius 3 is 2.27 bits per heavy atom. The van der Waals surface area contributed by atoms with Gasteiger partial charge in [0.25, 0.3) is 0 Å². The minimum Gasteiger partial charge on any atom is -0.299 e. The molecule has 3 rings (SSSR count). The zero-order valence-corrected chi connectivity index (χ0v) is 13.1. The summed E-state index contributed by atoms with van der Waals surface area (Å²) in [6, 6.07) is 17.3. The van der Waals surface area contributed by atoms with Gasteiger partial charge in [0.1, 0.15) is 5.78 Å². The second-order valence-corrected chi connectivity index (χ2v) is 6.25. The van der Waals surface area contributed by atoms with Gasteiger partial charge in [0.2, 0.25) is 0 Å². The molecule has 1 atom stereocenters. The zero-order chi connectivity index (χ0) is 15.5.